The number of amidine groups is 1. The van der Waals surface area contributed by atoms with E-state index in [1.165, 1.54) is 21.3 Å². The predicted molar refractivity (Wildman–Crippen MR) is 61.3 cm³/mol. The molecule has 0 spiro atoms. The minimum atomic E-state index is 0.956. The van der Waals surface area contributed by atoms with E-state index in [0.29, 0.717) is 0 Å². The van der Waals surface area contributed by atoms with Crippen LogP contribution in [0.3, 0.4) is 0 Å². The molecule has 2 heterocycles. The number of hydrogen-bond donors (Lipinski definition) is 0. The highest BCUT2D eigenvalue weighted by atomic mass is 32.2. The molecule has 0 radical (unpaired) electrons. The Morgan fingerprint density at radius 3 is 3.29 bits per heavy atom. The van der Waals surface area contributed by atoms with Crippen LogP contribution in [0.4, 0.5) is 5.69 Å². The third-order valence-electron chi connectivity index (χ3n) is 2.73. The molecule has 2 aliphatic rings. The maximum absolute atomic E-state index is 4.47. The second-order valence-corrected chi connectivity index (χ2v) is 4.58. The molecule has 2 nitrogen and oxygen atoms in total. The Morgan fingerprint density at radius 2 is 2.43 bits per heavy atom. The van der Waals surface area contributed by atoms with Crippen LogP contribution in [0.15, 0.2) is 28.1 Å². The molecular formula is C11H12N2S. The molecule has 0 unspecified atom stereocenters. The third-order valence-corrected chi connectivity index (χ3v) is 3.81. The second-order valence-electron chi connectivity index (χ2n) is 3.57. The van der Waals surface area contributed by atoms with Crippen molar-refractivity contribution in [2.45, 2.75) is 18.2 Å². The van der Waals surface area contributed by atoms with Gasteiger partial charge in [-0.2, -0.15) is 0 Å². The van der Waals surface area contributed by atoms with Gasteiger partial charge in [-0.15, -0.1) is 0 Å². The lowest BCUT2D eigenvalue weighted by molar-refractivity contribution is 1.01. The maximum Gasteiger partial charge on any atom is 0.168 e. The highest BCUT2D eigenvalue weighted by Crippen LogP contribution is 2.42. The lowest BCUT2D eigenvalue weighted by Gasteiger charge is -2.11. The average molecular weight is 204 g/mol. The Balaban J connectivity index is 2.07. The Bertz CT molecular complexity index is 412. The van der Waals surface area contributed by atoms with Gasteiger partial charge in [-0.3, -0.25) is 4.99 Å². The van der Waals surface area contributed by atoms with Gasteiger partial charge in [0.15, 0.2) is 5.17 Å². The van der Waals surface area contributed by atoms with E-state index in [4.69, 9.17) is 0 Å². The standard InChI is InChI=1S/C11H12N2S/c1-2-8-3-4-9-10(7-8)14-11-12-5-6-13(9)11/h3-4,7H,2,5-6H2,1H3. The molecular weight excluding hydrogens is 192 g/mol. The van der Waals surface area contributed by atoms with E-state index in [9.17, 15) is 0 Å². The van der Waals surface area contributed by atoms with Crippen LogP contribution < -0.4 is 4.90 Å². The lowest BCUT2D eigenvalue weighted by Crippen LogP contribution is -2.20. The van der Waals surface area contributed by atoms with Gasteiger partial charge in [0.05, 0.1) is 12.2 Å². The molecule has 0 atom stereocenters. The van der Waals surface area contributed by atoms with Crippen LogP contribution in [0, 0.1) is 0 Å². The van der Waals surface area contributed by atoms with Crippen molar-refractivity contribution < 1.29 is 0 Å². The van der Waals surface area contributed by atoms with Gasteiger partial charge in [0.25, 0.3) is 0 Å². The molecule has 0 saturated heterocycles. The minimum absolute atomic E-state index is 0.956. The van der Waals surface area contributed by atoms with Gasteiger partial charge in [-0.1, -0.05) is 13.0 Å². The monoisotopic (exact) mass is 204 g/mol. The number of thioether (sulfide) groups is 1. The molecule has 1 aromatic rings. The summed E-state index contributed by atoms with van der Waals surface area (Å²) in [6.07, 6.45) is 1.11. The average Bonchev–Trinajstić information content (AvgIpc) is 2.75. The normalized spacial score (nSPS) is 18.1. The van der Waals surface area contributed by atoms with Gasteiger partial charge in [0.1, 0.15) is 0 Å². The zero-order chi connectivity index (χ0) is 9.54. The van der Waals surface area contributed by atoms with Crippen molar-refractivity contribution in [3.8, 4) is 0 Å². The van der Waals surface area contributed by atoms with Gasteiger partial charge in [-0.25, -0.2) is 0 Å². The zero-order valence-electron chi connectivity index (χ0n) is 8.16. The summed E-state index contributed by atoms with van der Waals surface area (Å²) in [5.74, 6) is 0. The molecule has 0 N–H and O–H groups in total. The van der Waals surface area contributed by atoms with Crippen LogP contribution in [-0.2, 0) is 6.42 Å². The fourth-order valence-electron chi connectivity index (χ4n) is 1.92. The summed E-state index contributed by atoms with van der Waals surface area (Å²) in [6, 6.07) is 6.75. The van der Waals surface area contributed by atoms with Gasteiger partial charge in [0, 0.05) is 11.4 Å². The molecule has 72 valence electrons. The number of aryl methyl sites for hydroxylation is 1. The highest BCUT2D eigenvalue weighted by Gasteiger charge is 2.29. The van der Waals surface area contributed by atoms with Crippen molar-refractivity contribution in [3.63, 3.8) is 0 Å². The number of aliphatic imine (C=N–C) groups is 1. The maximum atomic E-state index is 4.47. The smallest absolute Gasteiger partial charge is 0.168 e. The SMILES string of the molecule is CCc1ccc2c(c1)SC1=NCCN12. The van der Waals surface area contributed by atoms with Crippen molar-refractivity contribution in [3.05, 3.63) is 23.8 Å². The first kappa shape index (κ1) is 8.36. The number of hydrogen-bond acceptors (Lipinski definition) is 3. The first-order valence-corrected chi connectivity index (χ1v) is 5.83. The molecule has 0 aliphatic carbocycles. The molecule has 3 heteroatoms. The summed E-state index contributed by atoms with van der Waals surface area (Å²) in [5, 5.41) is 1.19. The Labute approximate surface area is 88.0 Å². The van der Waals surface area contributed by atoms with E-state index in [2.05, 4.69) is 35.0 Å². The summed E-state index contributed by atoms with van der Waals surface area (Å²) >= 11 is 1.81. The summed E-state index contributed by atoms with van der Waals surface area (Å²) < 4.78 is 0. The van der Waals surface area contributed by atoms with Crippen LogP contribution in [0.1, 0.15) is 12.5 Å². The fraction of sp³-hybridized carbons (Fsp3) is 0.364. The zero-order valence-corrected chi connectivity index (χ0v) is 8.97. The summed E-state index contributed by atoms with van der Waals surface area (Å²) in [5.41, 5.74) is 2.77. The van der Waals surface area contributed by atoms with E-state index < -0.39 is 0 Å². The van der Waals surface area contributed by atoms with E-state index in [1.54, 1.807) is 0 Å². The second kappa shape index (κ2) is 3.02. The topological polar surface area (TPSA) is 15.6 Å². The molecule has 2 aliphatic heterocycles. The first-order valence-electron chi connectivity index (χ1n) is 5.01. The summed E-state index contributed by atoms with van der Waals surface area (Å²) in [6.45, 7) is 4.21. The predicted octanol–water partition coefficient (Wildman–Crippen LogP) is 2.53. The van der Waals surface area contributed by atoms with Gasteiger partial charge in [0.2, 0.25) is 0 Å². The Morgan fingerprint density at radius 1 is 1.50 bits per heavy atom. The van der Waals surface area contributed by atoms with Crippen LogP contribution in [0.2, 0.25) is 0 Å². The molecule has 14 heavy (non-hydrogen) atoms. The number of nitrogens with zero attached hydrogens (tertiary/aromatic N) is 2. The summed E-state index contributed by atoms with van der Waals surface area (Å²) in [7, 11) is 0. The number of benzene rings is 1. The Kier molecular flexibility index (Phi) is 1.80. The molecule has 0 amide bonds. The molecule has 0 fully saturated rings. The lowest BCUT2D eigenvalue weighted by atomic mass is 10.1. The van der Waals surface area contributed by atoms with Crippen molar-refractivity contribution in [1.82, 2.24) is 0 Å². The van der Waals surface area contributed by atoms with Crippen molar-refractivity contribution in [2.24, 2.45) is 4.99 Å². The van der Waals surface area contributed by atoms with Gasteiger partial charge in [-0.05, 0) is 35.9 Å². The highest BCUT2D eigenvalue weighted by molar-refractivity contribution is 8.14. The Hall–Kier alpha value is -0.960. The van der Waals surface area contributed by atoms with Crippen molar-refractivity contribution >= 4 is 22.6 Å². The quantitative estimate of drug-likeness (QED) is 0.698. The van der Waals surface area contributed by atoms with E-state index in [-0.39, 0.29) is 0 Å². The van der Waals surface area contributed by atoms with Crippen molar-refractivity contribution in [1.29, 1.82) is 0 Å². The van der Waals surface area contributed by atoms with Crippen LogP contribution in [-0.4, -0.2) is 18.3 Å². The molecule has 0 saturated carbocycles. The third kappa shape index (κ3) is 1.08. The van der Waals surface area contributed by atoms with Crippen molar-refractivity contribution in [2.75, 3.05) is 18.0 Å². The van der Waals surface area contributed by atoms with Gasteiger partial charge < -0.3 is 4.90 Å². The van der Waals surface area contributed by atoms with E-state index in [0.717, 1.165) is 19.5 Å². The van der Waals surface area contributed by atoms with Crippen LogP contribution >= 0.6 is 11.8 Å². The molecule has 1 aromatic carbocycles. The van der Waals surface area contributed by atoms with Crippen LogP contribution in [0.5, 0.6) is 0 Å². The largest absolute Gasteiger partial charge is 0.318 e. The van der Waals surface area contributed by atoms with Gasteiger partial charge >= 0.3 is 0 Å². The molecule has 0 bridgehead atoms. The number of rotatable bonds is 1. The first-order chi connectivity index (χ1) is 6.88. The fourth-order valence-corrected chi connectivity index (χ4v) is 3.06. The van der Waals surface area contributed by atoms with E-state index in [1.807, 2.05) is 11.8 Å². The molecule has 0 aromatic heterocycles. The summed E-state index contributed by atoms with van der Waals surface area (Å²) in [4.78, 5) is 8.17. The minimum Gasteiger partial charge on any atom is -0.318 e. The number of fused-ring (bicyclic) bond motifs is 3. The van der Waals surface area contributed by atoms with Crippen LogP contribution in [0.25, 0.3) is 0 Å². The number of anilines is 1. The van der Waals surface area contributed by atoms with E-state index >= 15 is 0 Å². The molecule has 3 rings (SSSR count).